The number of anilines is 2. The van der Waals surface area contributed by atoms with Crippen LogP contribution in [-0.4, -0.2) is 48.1 Å². The van der Waals surface area contributed by atoms with Gasteiger partial charge in [0.05, 0.1) is 23.5 Å². The lowest BCUT2D eigenvalue weighted by Gasteiger charge is -2.25. The summed E-state index contributed by atoms with van der Waals surface area (Å²) in [5.74, 6) is -2.52. The minimum absolute atomic E-state index is 0.0161. The maximum Gasteiger partial charge on any atom is 0.224 e. The molecule has 0 spiro atoms. The lowest BCUT2D eigenvalue weighted by Crippen LogP contribution is -2.48. The molecule has 1 heterocycles. The zero-order valence-electron chi connectivity index (χ0n) is 24.5. The number of nitrogens with one attached hydrogen (secondary N) is 3. The SMILES string of the molecule is CCc1cccc(CNC[C@@H](O)[C@H](Cc2cc(F)cc(F)c2)NC(=O)CCC(=O)Nc2cccc3c2N(C(C)=O)CC3)c1. The Labute approximate surface area is 250 Å². The van der Waals surface area contributed by atoms with Crippen molar-refractivity contribution >= 4 is 29.1 Å². The summed E-state index contributed by atoms with van der Waals surface area (Å²) >= 11 is 0. The highest BCUT2D eigenvalue weighted by atomic mass is 19.1. The lowest BCUT2D eigenvalue weighted by molar-refractivity contribution is -0.125. The first kappa shape index (κ1) is 31.8. The largest absolute Gasteiger partial charge is 0.390 e. The maximum atomic E-state index is 13.9. The highest BCUT2D eigenvalue weighted by Gasteiger charge is 2.26. The van der Waals surface area contributed by atoms with Crippen molar-refractivity contribution in [1.82, 2.24) is 10.6 Å². The standard InChI is InChI=1S/C33H38F2N4O4/c1-3-22-6-4-7-23(14-22)19-36-20-30(41)29(17-24-15-26(34)18-27(35)16-24)38-32(43)11-10-31(42)37-28-9-5-8-25-12-13-39(21(2)40)33(25)28/h4-9,14-16,18,29-30,36,41H,3,10-13,17,19-20H2,1-2H3,(H,37,42)(H,38,43)/t29-,30+/m0/s1. The molecule has 0 saturated heterocycles. The summed E-state index contributed by atoms with van der Waals surface area (Å²) in [7, 11) is 0. The molecule has 0 aromatic heterocycles. The molecular weight excluding hydrogens is 554 g/mol. The Hall–Kier alpha value is -4.15. The molecule has 0 aliphatic carbocycles. The molecule has 4 rings (SSSR count). The molecule has 0 fully saturated rings. The van der Waals surface area contributed by atoms with Crippen LogP contribution in [0.3, 0.4) is 0 Å². The highest BCUT2D eigenvalue weighted by molar-refractivity contribution is 6.02. The van der Waals surface area contributed by atoms with Crippen molar-refractivity contribution < 1.29 is 28.3 Å². The Morgan fingerprint density at radius 3 is 2.35 bits per heavy atom. The number of rotatable bonds is 13. The Kier molecular flexibility index (Phi) is 11.0. The van der Waals surface area contributed by atoms with Gasteiger partial charge in [-0.15, -0.1) is 0 Å². The number of hydrogen-bond donors (Lipinski definition) is 4. The van der Waals surface area contributed by atoms with E-state index in [0.717, 1.165) is 35.7 Å². The fraction of sp³-hybridized carbons (Fsp3) is 0.364. The first-order chi connectivity index (χ1) is 20.6. The summed E-state index contributed by atoms with van der Waals surface area (Å²) in [5.41, 5.74) is 4.65. The van der Waals surface area contributed by atoms with Gasteiger partial charge in [0.25, 0.3) is 0 Å². The lowest BCUT2D eigenvalue weighted by atomic mass is 10.00. The second kappa shape index (κ2) is 14.8. The average molecular weight is 593 g/mol. The van der Waals surface area contributed by atoms with Gasteiger partial charge in [-0.3, -0.25) is 14.4 Å². The van der Waals surface area contributed by atoms with Crippen LogP contribution in [0.15, 0.2) is 60.7 Å². The molecule has 1 aliphatic rings. The number of nitrogens with zero attached hydrogens (tertiary/aromatic N) is 1. The minimum atomic E-state index is -1.08. The molecular formula is C33H38F2N4O4. The van der Waals surface area contributed by atoms with Crippen molar-refractivity contribution in [2.45, 2.75) is 64.6 Å². The summed E-state index contributed by atoms with van der Waals surface area (Å²) in [6.45, 7) is 4.69. The topological polar surface area (TPSA) is 111 Å². The zero-order valence-corrected chi connectivity index (χ0v) is 24.5. The van der Waals surface area contributed by atoms with E-state index in [2.05, 4.69) is 28.9 Å². The smallest absolute Gasteiger partial charge is 0.224 e. The van der Waals surface area contributed by atoms with Crippen molar-refractivity contribution in [1.29, 1.82) is 0 Å². The number of halogens is 2. The Morgan fingerprint density at radius 1 is 0.930 bits per heavy atom. The van der Waals surface area contributed by atoms with Gasteiger partial charge in [0, 0.05) is 45.5 Å². The fourth-order valence-corrected chi connectivity index (χ4v) is 5.32. The molecule has 43 heavy (non-hydrogen) atoms. The van der Waals surface area contributed by atoms with Crippen molar-refractivity contribution in [2.75, 3.05) is 23.3 Å². The first-order valence-electron chi connectivity index (χ1n) is 14.5. The number of carbonyl (C=O) groups excluding carboxylic acids is 3. The van der Waals surface area contributed by atoms with Crippen LogP contribution in [0.5, 0.6) is 0 Å². The van der Waals surface area contributed by atoms with Crippen molar-refractivity contribution in [3.05, 3.63) is 94.6 Å². The number of carbonyl (C=O) groups is 3. The normalized spacial score (nSPS) is 13.7. The Morgan fingerprint density at radius 2 is 1.63 bits per heavy atom. The number of para-hydroxylation sites is 1. The van der Waals surface area contributed by atoms with Crippen molar-refractivity contribution in [3.8, 4) is 0 Å². The van der Waals surface area contributed by atoms with Crippen LogP contribution >= 0.6 is 0 Å². The van der Waals surface area contributed by atoms with Crippen LogP contribution in [0.1, 0.15) is 48.9 Å². The minimum Gasteiger partial charge on any atom is -0.390 e. The molecule has 0 saturated carbocycles. The molecule has 2 atom stereocenters. The summed E-state index contributed by atoms with van der Waals surface area (Å²) in [4.78, 5) is 39.3. The van der Waals surface area contributed by atoms with Crippen LogP contribution < -0.4 is 20.9 Å². The number of hydrogen-bond acceptors (Lipinski definition) is 5. The fourth-order valence-electron chi connectivity index (χ4n) is 5.32. The molecule has 1 aliphatic heterocycles. The maximum absolute atomic E-state index is 13.9. The molecule has 3 aromatic carbocycles. The number of benzene rings is 3. The predicted molar refractivity (Wildman–Crippen MR) is 162 cm³/mol. The first-order valence-corrected chi connectivity index (χ1v) is 14.5. The van der Waals surface area contributed by atoms with Crippen molar-refractivity contribution in [3.63, 3.8) is 0 Å². The molecule has 3 aromatic rings. The monoisotopic (exact) mass is 592 g/mol. The van der Waals surface area contributed by atoms with E-state index < -0.39 is 35.6 Å². The van der Waals surface area contributed by atoms with Gasteiger partial charge < -0.3 is 26.0 Å². The number of fused-ring (bicyclic) bond motifs is 1. The zero-order chi connectivity index (χ0) is 30.9. The summed E-state index contributed by atoms with van der Waals surface area (Å²) in [6.07, 6.45) is 0.186. The van der Waals surface area contributed by atoms with E-state index in [1.165, 1.54) is 12.5 Å². The van der Waals surface area contributed by atoms with Crippen LogP contribution in [0.4, 0.5) is 20.2 Å². The van der Waals surface area contributed by atoms with Gasteiger partial charge in [0.1, 0.15) is 11.6 Å². The number of aliphatic hydroxyl groups is 1. The van der Waals surface area contributed by atoms with E-state index in [0.29, 0.717) is 30.9 Å². The summed E-state index contributed by atoms with van der Waals surface area (Å²) in [5, 5.41) is 19.7. The van der Waals surface area contributed by atoms with Gasteiger partial charge in [0.2, 0.25) is 17.7 Å². The highest BCUT2D eigenvalue weighted by Crippen LogP contribution is 2.35. The van der Waals surface area contributed by atoms with E-state index in [9.17, 15) is 28.3 Å². The number of aryl methyl sites for hydroxylation is 1. The van der Waals surface area contributed by atoms with Crippen LogP contribution in [-0.2, 0) is 40.2 Å². The van der Waals surface area contributed by atoms with Crippen molar-refractivity contribution in [2.24, 2.45) is 0 Å². The molecule has 10 heteroatoms. The van der Waals surface area contributed by atoms with E-state index in [-0.39, 0.29) is 37.3 Å². The number of aliphatic hydroxyl groups excluding tert-OH is 1. The van der Waals surface area contributed by atoms with Gasteiger partial charge >= 0.3 is 0 Å². The Balaban J connectivity index is 1.36. The van der Waals surface area contributed by atoms with Gasteiger partial charge in [0.15, 0.2) is 0 Å². The molecule has 0 unspecified atom stereocenters. The van der Waals surface area contributed by atoms with E-state index in [1.807, 2.05) is 24.3 Å². The van der Waals surface area contributed by atoms with Gasteiger partial charge in [-0.25, -0.2) is 8.78 Å². The van der Waals surface area contributed by atoms with Gasteiger partial charge in [-0.2, -0.15) is 0 Å². The number of amides is 3. The summed E-state index contributed by atoms with van der Waals surface area (Å²) < 4.78 is 27.7. The second-order valence-corrected chi connectivity index (χ2v) is 10.8. The van der Waals surface area contributed by atoms with Crippen LogP contribution in [0.2, 0.25) is 0 Å². The molecule has 8 nitrogen and oxygen atoms in total. The second-order valence-electron chi connectivity index (χ2n) is 10.8. The van der Waals surface area contributed by atoms with E-state index in [4.69, 9.17) is 0 Å². The molecule has 228 valence electrons. The molecule has 4 N–H and O–H groups in total. The van der Waals surface area contributed by atoms with Crippen LogP contribution in [0, 0.1) is 11.6 Å². The van der Waals surface area contributed by atoms with Gasteiger partial charge in [-0.1, -0.05) is 43.3 Å². The molecule has 0 radical (unpaired) electrons. The molecule has 0 bridgehead atoms. The Bertz CT molecular complexity index is 1440. The van der Waals surface area contributed by atoms with E-state index in [1.54, 1.807) is 17.0 Å². The predicted octanol–water partition coefficient (Wildman–Crippen LogP) is 4.03. The van der Waals surface area contributed by atoms with Crippen LogP contribution in [0.25, 0.3) is 0 Å². The quantitative estimate of drug-likeness (QED) is 0.240. The van der Waals surface area contributed by atoms with E-state index >= 15 is 0 Å². The van der Waals surface area contributed by atoms with Gasteiger partial charge in [-0.05, 0) is 59.7 Å². The average Bonchev–Trinajstić information content (AvgIpc) is 3.41. The third kappa shape index (κ3) is 8.92. The summed E-state index contributed by atoms with van der Waals surface area (Å²) in [6, 6.07) is 15.7. The third-order valence-corrected chi connectivity index (χ3v) is 7.50. The molecule has 3 amide bonds. The third-order valence-electron chi connectivity index (χ3n) is 7.50.